The molecule has 1 fully saturated rings. The molecule has 0 unspecified atom stereocenters. The van der Waals surface area contributed by atoms with Gasteiger partial charge in [-0.1, -0.05) is 18.9 Å². The summed E-state index contributed by atoms with van der Waals surface area (Å²) in [5, 5.41) is 8.71. The minimum atomic E-state index is 0.816. The molecule has 0 saturated heterocycles. The molecule has 1 aliphatic carbocycles. The van der Waals surface area contributed by atoms with Crippen LogP contribution in [0.1, 0.15) is 32.1 Å². The van der Waals surface area contributed by atoms with E-state index in [9.17, 15) is 0 Å². The molecule has 0 radical (unpaired) electrons. The molecule has 0 aromatic carbocycles. The van der Waals surface area contributed by atoms with Gasteiger partial charge in [-0.05, 0) is 19.3 Å². The largest absolute Gasteiger partial charge is 0.296 e. The quantitative estimate of drug-likeness (QED) is 0.611. The van der Waals surface area contributed by atoms with Crippen molar-refractivity contribution in [2.45, 2.75) is 38.1 Å². The Balaban J connectivity index is 1.91. The van der Waals surface area contributed by atoms with E-state index in [1.807, 2.05) is 0 Å². The fourth-order valence-electron chi connectivity index (χ4n) is 2.39. The third-order valence-corrected chi connectivity index (χ3v) is 3.23. The molecule has 1 saturated carbocycles. The molecule has 1 heterocycles. The molecule has 2 aliphatic rings. The minimum absolute atomic E-state index is 0.816. The molecule has 2 heteroatoms. The van der Waals surface area contributed by atoms with Crippen LogP contribution in [-0.4, -0.2) is 24.0 Å². The average molecular weight is 176 g/mol. The topological polar surface area (TPSA) is 27.0 Å². The monoisotopic (exact) mass is 176 g/mol. The van der Waals surface area contributed by atoms with Crippen molar-refractivity contribution >= 4 is 0 Å². The number of rotatable bonds is 1. The van der Waals surface area contributed by atoms with Crippen LogP contribution in [0.5, 0.6) is 0 Å². The summed E-state index contributed by atoms with van der Waals surface area (Å²) in [5.74, 6) is 0. The van der Waals surface area contributed by atoms with Crippen molar-refractivity contribution in [2.24, 2.45) is 0 Å². The number of nitrogens with zero attached hydrogens (tertiary/aromatic N) is 2. The lowest BCUT2D eigenvalue weighted by atomic mass is 10.1. The van der Waals surface area contributed by atoms with Crippen LogP contribution in [0.4, 0.5) is 0 Å². The summed E-state index contributed by atoms with van der Waals surface area (Å²) in [6.07, 6.45) is 8.60. The van der Waals surface area contributed by atoms with Gasteiger partial charge in [0.1, 0.15) is 0 Å². The zero-order chi connectivity index (χ0) is 9.10. The Bertz CT molecular complexity index is 243. The van der Waals surface area contributed by atoms with Gasteiger partial charge in [-0.25, -0.2) is 0 Å². The van der Waals surface area contributed by atoms with Gasteiger partial charge in [-0.2, -0.15) is 5.26 Å². The zero-order valence-electron chi connectivity index (χ0n) is 8.00. The summed E-state index contributed by atoms with van der Waals surface area (Å²) in [4.78, 5) is 2.54. The first-order valence-electron chi connectivity index (χ1n) is 5.23. The predicted octanol–water partition coefficient (Wildman–Crippen LogP) is 2.08. The second-order valence-electron chi connectivity index (χ2n) is 4.02. The predicted molar refractivity (Wildman–Crippen MR) is 52.1 cm³/mol. The van der Waals surface area contributed by atoms with Crippen molar-refractivity contribution in [1.29, 1.82) is 5.26 Å². The Morgan fingerprint density at radius 2 is 2.15 bits per heavy atom. The van der Waals surface area contributed by atoms with E-state index in [0.29, 0.717) is 0 Å². The maximum absolute atomic E-state index is 8.71. The van der Waals surface area contributed by atoms with Gasteiger partial charge in [-0.15, -0.1) is 0 Å². The molecule has 0 aromatic heterocycles. The van der Waals surface area contributed by atoms with Crippen molar-refractivity contribution in [3.63, 3.8) is 0 Å². The highest BCUT2D eigenvalue weighted by Gasteiger charge is 2.23. The molecule has 0 atom stereocenters. The summed E-state index contributed by atoms with van der Waals surface area (Å²) < 4.78 is 0. The minimum Gasteiger partial charge on any atom is -0.296 e. The van der Waals surface area contributed by atoms with Crippen LogP contribution in [0.3, 0.4) is 0 Å². The van der Waals surface area contributed by atoms with Crippen LogP contribution < -0.4 is 0 Å². The maximum atomic E-state index is 8.71. The number of hydrogen-bond acceptors (Lipinski definition) is 2. The summed E-state index contributed by atoms with van der Waals surface area (Å²) >= 11 is 0. The molecule has 2 nitrogen and oxygen atoms in total. The van der Waals surface area contributed by atoms with Crippen LogP contribution in [0.25, 0.3) is 0 Å². The molecular weight excluding hydrogens is 160 g/mol. The van der Waals surface area contributed by atoms with E-state index in [1.54, 1.807) is 0 Å². The smallest absolute Gasteiger partial charge is 0.0944 e. The van der Waals surface area contributed by atoms with Gasteiger partial charge in [0.2, 0.25) is 0 Å². The van der Waals surface area contributed by atoms with E-state index < -0.39 is 0 Å². The lowest BCUT2D eigenvalue weighted by molar-refractivity contribution is 0.215. The molecule has 0 spiro atoms. The molecule has 0 N–H and O–H groups in total. The lowest BCUT2D eigenvalue weighted by Gasteiger charge is -2.30. The summed E-state index contributed by atoms with van der Waals surface area (Å²) in [6, 6.07) is 3.07. The SMILES string of the molecule is N#CC1=CCN(C2CCCC2)CC1. The Labute approximate surface area is 79.8 Å². The van der Waals surface area contributed by atoms with Gasteiger partial charge < -0.3 is 0 Å². The summed E-state index contributed by atoms with van der Waals surface area (Å²) in [6.45, 7) is 2.11. The van der Waals surface area contributed by atoms with E-state index in [4.69, 9.17) is 5.26 Å². The van der Waals surface area contributed by atoms with Crippen LogP contribution >= 0.6 is 0 Å². The molecule has 0 bridgehead atoms. The molecule has 13 heavy (non-hydrogen) atoms. The van der Waals surface area contributed by atoms with E-state index in [1.165, 1.54) is 25.7 Å². The van der Waals surface area contributed by atoms with Gasteiger partial charge >= 0.3 is 0 Å². The van der Waals surface area contributed by atoms with Gasteiger partial charge in [0.05, 0.1) is 6.07 Å². The second-order valence-corrected chi connectivity index (χ2v) is 4.02. The highest BCUT2D eigenvalue weighted by Crippen LogP contribution is 2.25. The Hall–Kier alpha value is -0.810. The summed E-state index contributed by atoms with van der Waals surface area (Å²) in [7, 11) is 0. The number of hydrogen-bond donors (Lipinski definition) is 0. The molecule has 1 aliphatic heterocycles. The Morgan fingerprint density at radius 3 is 2.69 bits per heavy atom. The van der Waals surface area contributed by atoms with Crippen molar-refractivity contribution in [1.82, 2.24) is 4.90 Å². The molecule has 2 rings (SSSR count). The van der Waals surface area contributed by atoms with E-state index in [2.05, 4.69) is 17.0 Å². The lowest BCUT2D eigenvalue weighted by Crippen LogP contribution is -2.36. The van der Waals surface area contributed by atoms with E-state index >= 15 is 0 Å². The molecule has 0 amide bonds. The Kier molecular flexibility index (Phi) is 2.65. The van der Waals surface area contributed by atoms with E-state index in [-0.39, 0.29) is 0 Å². The van der Waals surface area contributed by atoms with E-state index in [0.717, 1.165) is 31.1 Å². The van der Waals surface area contributed by atoms with Crippen molar-refractivity contribution in [3.05, 3.63) is 11.6 Å². The van der Waals surface area contributed by atoms with Crippen molar-refractivity contribution in [3.8, 4) is 6.07 Å². The first-order chi connectivity index (χ1) is 6.40. The molecule has 0 aromatic rings. The van der Waals surface area contributed by atoms with Gasteiger partial charge in [0.25, 0.3) is 0 Å². The average Bonchev–Trinajstić information content (AvgIpc) is 2.71. The first kappa shape index (κ1) is 8.77. The highest BCUT2D eigenvalue weighted by molar-refractivity contribution is 5.23. The normalized spacial score (nSPS) is 25.6. The van der Waals surface area contributed by atoms with Crippen molar-refractivity contribution in [2.75, 3.05) is 13.1 Å². The van der Waals surface area contributed by atoms with Gasteiger partial charge in [0, 0.05) is 24.7 Å². The molecular formula is C11H16N2. The van der Waals surface area contributed by atoms with Crippen molar-refractivity contribution < 1.29 is 0 Å². The molecule has 70 valence electrons. The van der Waals surface area contributed by atoms with Crippen LogP contribution in [0, 0.1) is 11.3 Å². The summed E-state index contributed by atoms with van der Waals surface area (Å²) in [5.41, 5.74) is 0.981. The number of nitriles is 1. The fourth-order valence-corrected chi connectivity index (χ4v) is 2.39. The van der Waals surface area contributed by atoms with Crippen LogP contribution in [0.15, 0.2) is 11.6 Å². The first-order valence-corrected chi connectivity index (χ1v) is 5.23. The third-order valence-electron chi connectivity index (χ3n) is 3.23. The Morgan fingerprint density at radius 1 is 1.38 bits per heavy atom. The maximum Gasteiger partial charge on any atom is 0.0944 e. The fraction of sp³-hybridized carbons (Fsp3) is 0.727. The highest BCUT2D eigenvalue weighted by atomic mass is 15.2. The van der Waals surface area contributed by atoms with Gasteiger partial charge in [0.15, 0.2) is 0 Å². The third kappa shape index (κ3) is 1.92. The van der Waals surface area contributed by atoms with Crippen LogP contribution in [-0.2, 0) is 0 Å². The standard InChI is InChI=1S/C11H16N2/c12-9-10-5-7-13(8-6-10)11-3-1-2-4-11/h5,11H,1-4,6-8H2. The van der Waals surface area contributed by atoms with Crippen LogP contribution in [0.2, 0.25) is 0 Å². The van der Waals surface area contributed by atoms with Gasteiger partial charge in [-0.3, -0.25) is 4.90 Å². The zero-order valence-corrected chi connectivity index (χ0v) is 8.00. The second kappa shape index (κ2) is 3.93.